The van der Waals surface area contributed by atoms with Crippen LogP contribution in [0.1, 0.15) is 5.56 Å². The lowest BCUT2D eigenvalue weighted by atomic mass is 9.97. The van der Waals surface area contributed by atoms with Crippen molar-refractivity contribution in [2.75, 3.05) is 45.2 Å². The third-order valence-electron chi connectivity index (χ3n) is 3.80. The van der Waals surface area contributed by atoms with Gasteiger partial charge in [-0.15, -0.1) is 0 Å². The van der Waals surface area contributed by atoms with Crippen LogP contribution < -0.4 is 4.90 Å². The number of hydrogen-bond acceptors (Lipinski definition) is 4. The van der Waals surface area contributed by atoms with Crippen LogP contribution in [0.15, 0.2) is 18.3 Å². The normalized spacial score (nSPS) is 23.1. The van der Waals surface area contributed by atoms with Crippen LogP contribution in [0.4, 0.5) is 19.0 Å². The molecule has 2 atom stereocenters. The number of alkyl halides is 3. The molecule has 0 unspecified atom stereocenters. The van der Waals surface area contributed by atoms with Crippen molar-refractivity contribution in [3.05, 3.63) is 23.9 Å². The van der Waals surface area contributed by atoms with Gasteiger partial charge in [-0.25, -0.2) is 4.98 Å². The van der Waals surface area contributed by atoms with Crippen molar-refractivity contribution in [1.82, 2.24) is 9.88 Å². The lowest BCUT2D eigenvalue weighted by Crippen LogP contribution is -2.29. The number of pyridine rings is 1. The number of aliphatic hydroxyl groups is 1. The molecule has 0 aromatic carbocycles. The fourth-order valence-corrected chi connectivity index (χ4v) is 2.86. The highest BCUT2D eigenvalue weighted by Gasteiger charge is 2.39. The fraction of sp³-hybridized carbons (Fsp3) is 0.643. The SMILES string of the molecule is CN(C)C[C@@H]1CN(c2ncccc2C(F)(F)F)C[C@@H]1CO. The summed E-state index contributed by atoms with van der Waals surface area (Å²) in [6, 6.07) is 2.35. The minimum Gasteiger partial charge on any atom is -0.396 e. The van der Waals surface area contributed by atoms with E-state index in [1.807, 2.05) is 19.0 Å². The molecule has 1 aromatic rings. The molecule has 1 aromatic heterocycles. The maximum Gasteiger partial charge on any atom is 0.419 e. The summed E-state index contributed by atoms with van der Waals surface area (Å²) >= 11 is 0. The Balaban J connectivity index is 2.24. The van der Waals surface area contributed by atoms with Crippen LogP contribution in [0.25, 0.3) is 0 Å². The number of halogens is 3. The molecule has 7 heteroatoms. The van der Waals surface area contributed by atoms with Gasteiger partial charge >= 0.3 is 6.18 Å². The Kier molecular flexibility index (Phi) is 4.73. The molecule has 1 N–H and O–H groups in total. The van der Waals surface area contributed by atoms with Crippen molar-refractivity contribution in [1.29, 1.82) is 0 Å². The molecule has 118 valence electrons. The third-order valence-corrected chi connectivity index (χ3v) is 3.80. The molecule has 0 radical (unpaired) electrons. The number of aromatic nitrogens is 1. The maximum absolute atomic E-state index is 13.1. The highest BCUT2D eigenvalue weighted by Crippen LogP contribution is 2.37. The number of hydrogen-bond donors (Lipinski definition) is 1. The Morgan fingerprint density at radius 3 is 2.57 bits per heavy atom. The number of nitrogens with zero attached hydrogens (tertiary/aromatic N) is 3. The van der Waals surface area contributed by atoms with Gasteiger partial charge in [0.1, 0.15) is 5.82 Å². The van der Waals surface area contributed by atoms with Crippen molar-refractivity contribution in [2.45, 2.75) is 6.18 Å². The average Bonchev–Trinajstić information content (AvgIpc) is 2.80. The third kappa shape index (κ3) is 3.65. The van der Waals surface area contributed by atoms with E-state index < -0.39 is 11.7 Å². The number of rotatable bonds is 4. The van der Waals surface area contributed by atoms with Gasteiger partial charge in [-0.05, 0) is 32.1 Å². The highest BCUT2D eigenvalue weighted by molar-refractivity contribution is 5.49. The van der Waals surface area contributed by atoms with Crippen LogP contribution >= 0.6 is 0 Å². The van der Waals surface area contributed by atoms with E-state index in [4.69, 9.17) is 0 Å². The molecule has 1 aliphatic rings. The molecule has 1 fully saturated rings. The van der Waals surface area contributed by atoms with E-state index in [0.29, 0.717) is 13.1 Å². The van der Waals surface area contributed by atoms with Crippen LogP contribution in [-0.4, -0.2) is 55.3 Å². The second kappa shape index (κ2) is 6.19. The van der Waals surface area contributed by atoms with Crippen LogP contribution in [0, 0.1) is 11.8 Å². The molecule has 0 bridgehead atoms. The first-order chi connectivity index (χ1) is 9.82. The first-order valence-corrected chi connectivity index (χ1v) is 6.85. The fourth-order valence-electron chi connectivity index (χ4n) is 2.86. The van der Waals surface area contributed by atoms with Crippen LogP contribution in [0.3, 0.4) is 0 Å². The monoisotopic (exact) mass is 303 g/mol. The summed E-state index contributed by atoms with van der Waals surface area (Å²) in [7, 11) is 3.83. The van der Waals surface area contributed by atoms with Crippen molar-refractivity contribution in [2.24, 2.45) is 11.8 Å². The minimum atomic E-state index is -4.42. The van der Waals surface area contributed by atoms with Crippen molar-refractivity contribution in [3.8, 4) is 0 Å². The van der Waals surface area contributed by atoms with E-state index in [1.54, 1.807) is 4.90 Å². The molecular formula is C14H20F3N3O. The van der Waals surface area contributed by atoms with Gasteiger partial charge in [0.05, 0.1) is 5.56 Å². The summed E-state index contributed by atoms with van der Waals surface area (Å²) in [6.45, 7) is 1.58. The minimum absolute atomic E-state index is 0.0246. The molecule has 0 aliphatic carbocycles. The quantitative estimate of drug-likeness (QED) is 0.919. The van der Waals surface area contributed by atoms with Crippen LogP contribution in [0.2, 0.25) is 0 Å². The molecule has 0 saturated carbocycles. The molecule has 2 heterocycles. The van der Waals surface area contributed by atoms with Gasteiger partial charge in [0.15, 0.2) is 0 Å². The van der Waals surface area contributed by atoms with Gasteiger partial charge in [-0.3, -0.25) is 0 Å². The largest absolute Gasteiger partial charge is 0.419 e. The van der Waals surface area contributed by atoms with Gasteiger partial charge in [-0.1, -0.05) is 0 Å². The van der Waals surface area contributed by atoms with Gasteiger partial charge in [0.25, 0.3) is 0 Å². The Morgan fingerprint density at radius 2 is 2.00 bits per heavy atom. The van der Waals surface area contributed by atoms with Gasteiger partial charge < -0.3 is 14.9 Å². The zero-order chi connectivity index (χ0) is 15.6. The lowest BCUT2D eigenvalue weighted by Gasteiger charge is -2.22. The maximum atomic E-state index is 13.1. The van der Waals surface area contributed by atoms with E-state index >= 15 is 0 Å². The van der Waals surface area contributed by atoms with Gasteiger partial charge in [-0.2, -0.15) is 13.2 Å². The highest BCUT2D eigenvalue weighted by atomic mass is 19.4. The number of anilines is 1. The Hall–Kier alpha value is -1.34. The smallest absolute Gasteiger partial charge is 0.396 e. The van der Waals surface area contributed by atoms with E-state index in [1.165, 1.54) is 12.3 Å². The second-order valence-corrected chi connectivity index (χ2v) is 5.74. The second-order valence-electron chi connectivity index (χ2n) is 5.74. The van der Waals surface area contributed by atoms with Gasteiger partial charge in [0, 0.05) is 38.4 Å². The van der Waals surface area contributed by atoms with Crippen molar-refractivity contribution in [3.63, 3.8) is 0 Å². The zero-order valence-electron chi connectivity index (χ0n) is 12.1. The summed E-state index contributed by atoms with van der Waals surface area (Å²) in [5.41, 5.74) is -0.716. The lowest BCUT2D eigenvalue weighted by molar-refractivity contribution is -0.137. The van der Waals surface area contributed by atoms with Crippen molar-refractivity contribution >= 4 is 5.82 Å². The predicted molar refractivity (Wildman–Crippen MR) is 74.1 cm³/mol. The summed E-state index contributed by atoms with van der Waals surface area (Å²) in [6.07, 6.45) is -3.05. The molecule has 0 spiro atoms. The topological polar surface area (TPSA) is 39.6 Å². The molecule has 4 nitrogen and oxygen atoms in total. The summed E-state index contributed by atoms with van der Waals surface area (Å²) in [5, 5.41) is 9.46. The predicted octanol–water partition coefficient (Wildman–Crippen LogP) is 1.71. The molecule has 1 aliphatic heterocycles. The van der Waals surface area contributed by atoms with Crippen molar-refractivity contribution < 1.29 is 18.3 Å². The first-order valence-electron chi connectivity index (χ1n) is 6.85. The summed E-state index contributed by atoms with van der Waals surface area (Å²) in [4.78, 5) is 7.54. The Bertz CT molecular complexity index is 479. The van der Waals surface area contributed by atoms with Crippen LogP contribution in [-0.2, 0) is 6.18 Å². The van der Waals surface area contributed by atoms with E-state index in [9.17, 15) is 18.3 Å². The van der Waals surface area contributed by atoms with E-state index in [2.05, 4.69) is 4.98 Å². The molecular weight excluding hydrogens is 283 g/mol. The zero-order valence-corrected chi connectivity index (χ0v) is 12.1. The molecule has 2 rings (SSSR count). The molecule has 1 saturated heterocycles. The standard InChI is InChI=1S/C14H20F3N3O/c1-19(2)6-10-7-20(8-11(10)9-21)13-12(14(15,16)17)4-3-5-18-13/h3-5,10-11,21H,6-9H2,1-2H3/t10-,11-/m1/s1. The van der Waals surface area contributed by atoms with E-state index in [0.717, 1.165) is 12.6 Å². The molecule has 21 heavy (non-hydrogen) atoms. The van der Waals surface area contributed by atoms with Gasteiger partial charge in [0.2, 0.25) is 0 Å². The van der Waals surface area contributed by atoms with E-state index in [-0.39, 0.29) is 24.3 Å². The average molecular weight is 303 g/mol. The Morgan fingerprint density at radius 1 is 1.33 bits per heavy atom. The Labute approximate surface area is 122 Å². The molecule has 0 amide bonds. The summed E-state index contributed by atoms with van der Waals surface area (Å²) in [5.74, 6) is 0.0632. The summed E-state index contributed by atoms with van der Waals surface area (Å²) < 4.78 is 39.2. The van der Waals surface area contributed by atoms with Crippen LogP contribution in [0.5, 0.6) is 0 Å². The number of aliphatic hydroxyl groups excluding tert-OH is 1. The first kappa shape index (κ1) is 16.0.